The Kier molecular flexibility index (Phi) is 29.7. The van der Waals surface area contributed by atoms with Gasteiger partial charge in [0, 0.05) is 44.8 Å². The van der Waals surface area contributed by atoms with E-state index < -0.39 is 0 Å². The molecule has 0 aliphatic heterocycles. The van der Waals surface area contributed by atoms with Crippen molar-refractivity contribution in [1.29, 1.82) is 0 Å². The van der Waals surface area contributed by atoms with Crippen LogP contribution >= 0.6 is 0 Å². The minimum Gasteiger partial charge on any atom is -0.310 e. The largest absolute Gasteiger partial charge is 0.310 e. The van der Waals surface area contributed by atoms with Gasteiger partial charge in [0.05, 0.1) is 5.69 Å². The number of hydrogen-bond donors (Lipinski definition) is 0. The molecule has 5 saturated carbocycles. The molecule has 5 fully saturated rings. The summed E-state index contributed by atoms with van der Waals surface area (Å²) in [5, 5.41) is 0. The first-order chi connectivity index (χ1) is 66.6. The molecule has 702 valence electrons. The molecule has 0 aromatic heterocycles. The molecule has 7 aliphatic carbocycles. The number of benzene rings is 13. The summed E-state index contributed by atoms with van der Waals surface area (Å²) >= 11 is 0. The molecule has 0 radical (unpaired) electrons. The highest BCUT2D eigenvalue weighted by molar-refractivity contribution is 5.93. The van der Waals surface area contributed by atoms with Gasteiger partial charge in [0.2, 0.25) is 0 Å². The summed E-state index contributed by atoms with van der Waals surface area (Å²) in [4.78, 5) is 5.07. The van der Waals surface area contributed by atoms with Gasteiger partial charge in [0.15, 0.2) is 0 Å². The summed E-state index contributed by atoms with van der Waals surface area (Å²) in [7, 11) is 0. The molecule has 13 aromatic carbocycles. The third-order valence-corrected chi connectivity index (χ3v) is 35.1. The molecule has 2 heteroatoms. The number of nitrogens with zero attached hydrogens (tertiary/aromatic N) is 2. The standard InChI is InChI=1S/C78H95N.C56H61N/c1-8-55-24-18-32-58(33-19-25-55)63-52-71(60-34-20-26-56(9-2)27-21-35-60)76(72(53-63)61-36-22-28-57(10-3)29-23-37-61)62-42-48-66(49-43-62)79(75-41-17-15-38-68(75)59-30-12-11-13-31-59)67-50-51-70-69-39-14-16-40-73(69)78(7,74(70)54-67)65-46-44-64(45-47-65)77(4,5)6;1-4-14-40(5-2)43-21-23-44(24-22-43)47-29-35-50(36-30-47)57(49-33-27-46(28-34-49)42-17-10-7-11-18-42)51-37-38-53-52-19-12-13-20-54(52)56(3,55(53)39-51)48-31-25-45(26-32-48)41-15-8-6-9-16-41/h11-17,30-31,38-58,60-61H,8-10,18-29,32-37H2,1-7H3;12-13,19-42H,4-11,14-18H2,1-3H3. The highest BCUT2D eigenvalue weighted by Crippen LogP contribution is 2.59. The molecule has 2 nitrogen and oxygen atoms in total. The van der Waals surface area contributed by atoms with Gasteiger partial charge in [-0.15, -0.1) is 0 Å². The fraction of sp³-hybridized carbons (Fsp3) is 0.418. The smallest absolute Gasteiger partial charge is 0.0540 e. The predicted octanol–water partition coefficient (Wildman–Crippen LogP) is 40.1. The SMILES string of the molecule is CCC1CCCC(c2cc(C3CCCC(CC)CCC3)c(-c3ccc(N(c4ccc5c(c4)C(C)(c4ccc(C(C)(C)C)cc4)c4ccccc4-5)c4ccccc4-c4ccccc4)cc3)c(C3CCCC(CC)CCC3)c2)CCC1.CCCC(CC)c1ccc(-c2ccc(N(c3ccc(C4CCCCC4)cc3)c3ccc4c(c3)C(C)(c3ccc(C5CCCCC5)cc3)c3ccccc3-4)cc2)cc1. The van der Waals surface area contributed by atoms with Crippen LogP contribution in [0, 0.1) is 17.8 Å². The Labute approximate surface area is 820 Å². The Morgan fingerprint density at radius 3 is 1.10 bits per heavy atom. The van der Waals surface area contributed by atoms with Gasteiger partial charge in [-0.25, -0.2) is 0 Å². The van der Waals surface area contributed by atoms with Crippen LogP contribution in [0.25, 0.3) is 55.6 Å². The molecule has 0 bridgehead atoms. The minimum atomic E-state index is -0.331. The van der Waals surface area contributed by atoms with Gasteiger partial charge < -0.3 is 9.80 Å². The van der Waals surface area contributed by atoms with E-state index >= 15 is 0 Å². The molecule has 136 heavy (non-hydrogen) atoms. The maximum absolute atomic E-state index is 2.84. The van der Waals surface area contributed by atoms with Crippen molar-refractivity contribution in [3.05, 3.63) is 370 Å². The first kappa shape index (κ1) is 94.4. The van der Waals surface area contributed by atoms with Crippen LogP contribution in [0.15, 0.2) is 297 Å². The number of anilines is 6. The van der Waals surface area contributed by atoms with Gasteiger partial charge in [0.1, 0.15) is 0 Å². The van der Waals surface area contributed by atoms with E-state index in [0.717, 1.165) is 17.8 Å². The molecule has 0 heterocycles. The third-order valence-electron chi connectivity index (χ3n) is 35.1. The fourth-order valence-corrected chi connectivity index (χ4v) is 26.8. The van der Waals surface area contributed by atoms with Crippen molar-refractivity contribution in [3.8, 4) is 55.6 Å². The van der Waals surface area contributed by atoms with Gasteiger partial charge in [-0.1, -0.05) is 427 Å². The van der Waals surface area contributed by atoms with Crippen LogP contribution < -0.4 is 9.80 Å². The van der Waals surface area contributed by atoms with E-state index in [1.54, 1.807) is 22.3 Å². The van der Waals surface area contributed by atoms with E-state index in [9.17, 15) is 0 Å². The van der Waals surface area contributed by atoms with Crippen LogP contribution in [-0.2, 0) is 16.2 Å². The second kappa shape index (κ2) is 42.8. The summed E-state index contributed by atoms with van der Waals surface area (Å²) in [5.41, 5.74) is 39.3. The molecule has 7 aliphatic rings. The summed E-state index contributed by atoms with van der Waals surface area (Å²) in [6.45, 7) is 23.8. The lowest BCUT2D eigenvalue weighted by molar-refractivity contribution is 0.344. The second-order valence-electron chi connectivity index (χ2n) is 44.2. The first-order valence-electron chi connectivity index (χ1n) is 54.6. The van der Waals surface area contributed by atoms with Crippen molar-refractivity contribution in [2.24, 2.45) is 17.8 Å². The summed E-state index contributed by atoms with van der Waals surface area (Å²) in [5.74, 6) is 6.62. The van der Waals surface area contributed by atoms with Gasteiger partial charge in [-0.3, -0.25) is 0 Å². The zero-order valence-electron chi connectivity index (χ0n) is 84.4. The zero-order chi connectivity index (χ0) is 93.3. The van der Waals surface area contributed by atoms with Gasteiger partial charge >= 0.3 is 0 Å². The number of hydrogen-bond acceptors (Lipinski definition) is 2. The van der Waals surface area contributed by atoms with E-state index in [2.05, 4.69) is 376 Å². The van der Waals surface area contributed by atoms with Crippen molar-refractivity contribution in [2.75, 3.05) is 9.80 Å². The normalized spacial score (nSPS) is 21.8. The van der Waals surface area contributed by atoms with Gasteiger partial charge in [-0.2, -0.15) is 0 Å². The number of para-hydroxylation sites is 1. The summed E-state index contributed by atoms with van der Waals surface area (Å²) in [6.07, 6.45) is 45.7. The average Bonchev–Trinajstić information content (AvgIpc) is 1.56. The molecule has 0 N–H and O–H groups in total. The molecule has 0 saturated heterocycles. The lowest BCUT2D eigenvalue weighted by Gasteiger charge is -2.33. The van der Waals surface area contributed by atoms with E-state index in [1.165, 1.54) is 358 Å². The van der Waals surface area contributed by atoms with Gasteiger partial charge in [0.25, 0.3) is 0 Å². The van der Waals surface area contributed by atoms with Crippen molar-refractivity contribution in [2.45, 2.75) is 339 Å². The minimum absolute atomic E-state index is 0.0830. The van der Waals surface area contributed by atoms with Crippen LogP contribution in [0.3, 0.4) is 0 Å². The second-order valence-corrected chi connectivity index (χ2v) is 44.2. The molecule has 3 unspecified atom stereocenters. The maximum atomic E-state index is 2.84. The summed E-state index contributed by atoms with van der Waals surface area (Å²) in [6, 6.07) is 117. The monoisotopic (exact) mass is 1790 g/mol. The Morgan fingerprint density at radius 1 is 0.287 bits per heavy atom. The first-order valence-corrected chi connectivity index (χ1v) is 54.6. The topological polar surface area (TPSA) is 6.48 Å². The fourth-order valence-electron chi connectivity index (χ4n) is 26.8. The highest BCUT2D eigenvalue weighted by atomic mass is 15.1. The number of fused-ring (bicyclic) bond motifs is 6. The Morgan fingerprint density at radius 2 is 0.647 bits per heavy atom. The quantitative estimate of drug-likeness (QED) is 0.0630. The predicted molar refractivity (Wildman–Crippen MR) is 584 cm³/mol. The molecular formula is C134H156N2. The molecule has 13 aromatic rings. The highest BCUT2D eigenvalue weighted by Gasteiger charge is 2.44. The van der Waals surface area contributed by atoms with Crippen molar-refractivity contribution >= 4 is 34.1 Å². The van der Waals surface area contributed by atoms with Crippen LogP contribution in [0.5, 0.6) is 0 Å². The molecular weight excluding hydrogens is 1640 g/mol. The average molecular weight is 1790 g/mol. The molecule has 3 atom stereocenters. The van der Waals surface area contributed by atoms with E-state index in [-0.39, 0.29) is 16.2 Å². The lowest BCUT2D eigenvalue weighted by atomic mass is 9.72. The van der Waals surface area contributed by atoms with Crippen molar-refractivity contribution in [1.82, 2.24) is 0 Å². The van der Waals surface area contributed by atoms with Crippen LogP contribution in [0.2, 0.25) is 0 Å². The zero-order valence-corrected chi connectivity index (χ0v) is 84.4. The summed E-state index contributed by atoms with van der Waals surface area (Å²) < 4.78 is 0. The Balaban J connectivity index is 0.000000184. The Bertz CT molecular complexity index is 6030. The van der Waals surface area contributed by atoms with Crippen LogP contribution in [0.4, 0.5) is 34.1 Å². The van der Waals surface area contributed by atoms with Crippen molar-refractivity contribution in [3.63, 3.8) is 0 Å². The van der Waals surface area contributed by atoms with Crippen LogP contribution in [-0.4, -0.2) is 0 Å². The third kappa shape index (κ3) is 19.8. The van der Waals surface area contributed by atoms with Crippen LogP contribution in [0.1, 0.15) is 395 Å². The van der Waals surface area contributed by atoms with E-state index in [4.69, 9.17) is 0 Å². The number of rotatable bonds is 23. The molecule has 0 spiro atoms. The Hall–Kier alpha value is -10.5. The molecule has 20 rings (SSSR count). The van der Waals surface area contributed by atoms with Gasteiger partial charge in [-0.05, 0) is 339 Å². The lowest BCUT2D eigenvalue weighted by Crippen LogP contribution is -2.23. The van der Waals surface area contributed by atoms with Crippen molar-refractivity contribution < 1.29 is 0 Å². The molecule has 0 amide bonds. The van der Waals surface area contributed by atoms with E-state index in [0.29, 0.717) is 35.5 Å². The maximum Gasteiger partial charge on any atom is 0.0540 e. The van der Waals surface area contributed by atoms with E-state index in [1.807, 2.05) is 0 Å².